The maximum Gasteiger partial charge on any atom is 0.573 e. The van der Waals surface area contributed by atoms with Crippen LogP contribution >= 0.6 is 11.6 Å². The van der Waals surface area contributed by atoms with Gasteiger partial charge in [-0.05, 0) is 48.2 Å². The van der Waals surface area contributed by atoms with Gasteiger partial charge in [-0.1, -0.05) is 36.7 Å². The van der Waals surface area contributed by atoms with Crippen LogP contribution in [0.15, 0.2) is 42.5 Å². The van der Waals surface area contributed by atoms with Crippen molar-refractivity contribution in [2.75, 3.05) is 7.11 Å². The summed E-state index contributed by atoms with van der Waals surface area (Å²) in [6.45, 7) is 1.76. The zero-order valence-electron chi connectivity index (χ0n) is 17.3. The van der Waals surface area contributed by atoms with Gasteiger partial charge in [-0.2, -0.15) is 0 Å². The van der Waals surface area contributed by atoms with E-state index in [9.17, 15) is 28.5 Å². The highest BCUT2D eigenvalue weighted by Crippen LogP contribution is 2.41. The second-order valence-electron chi connectivity index (χ2n) is 7.54. The molecule has 6 nitrogen and oxygen atoms in total. The number of aliphatic hydroxyl groups excluding tert-OH is 3. The highest BCUT2D eigenvalue weighted by atomic mass is 35.5. The fourth-order valence-corrected chi connectivity index (χ4v) is 3.99. The molecule has 0 aromatic heterocycles. The molecular weight excluding hydrogens is 453 g/mol. The fourth-order valence-electron chi connectivity index (χ4n) is 3.80. The van der Waals surface area contributed by atoms with Gasteiger partial charge in [0.05, 0.1) is 6.10 Å². The molecule has 1 heterocycles. The van der Waals surface area contributed by atoms with E-state index >= 15 is 0 Å². The summed E-state index contributed by atoms with van der Waals surface area (Å²) < 4.78 is 52.4. The predicted octanol–water partition coefficient (Wildman–Crippen LogP) is 3.52. The lowest BCUT2D eigenvalue weighted by molar-refractivity contribution is -0.363. The molecule has 0 saturated carbocycles. The number of ether oxygens (including phenoxy) is 3. The van der Waals surface area contributed by atoms with Gasteiger partial charge >= 0.3 is 6.36 Å². The average Bonchev–Trinajstić information content (AvgIpc) is 2.75. The topological polar surface area (TPSA) is 88.4 Å². The van der Waals surface area contributed by atoms with Crippen LogP contribution in [0.2, 0.25) is 5.02 Å². The Morgan fingerprint density at radius 1 is 1.06 bits per heavy atom. The monoisotopic (exact) mass is 476 g/mol. The Hall–Kier alpha value is -1.88. The first-order valence-electron chi connectivity index (χ1n) is 9.91. The van der Waals surface area contributed by atoms with Crippen LogP contribution in [0, 0.1) is 0 Å². The maximum absolute atomic E-state index is 12.4. The van der Waals surface area contributed by atoms with E-state index < -0.39 is 36.6 Å². The summed E-state index contributed by atoms with van der Waals surface area (Å²) in [5, 5.41) is 31.6. The number of hydrogen-bond donors (Lipinski definition) is 3. The molecule has 1 aliphatic rings. The van der Waals surface area contributed by atoms with E-state index in [4.69, 9.17) is 21.1 Å². The van der Waals surface area contributed by atoms with E-state index in [1.807, 2.05) is 0 Å². The van der Waals surface area contributed by atoms with Crippen molar-refractivity contribution < 1.29 is 42.7 Å². The standard InChI is InChI=1S/C22H24ClF3O6/c1-3-17-18(27)19(28)20(29)21(30-2,32-17)14-6-9-16(23)13(11-14)10-12-4-7-15(8-5-12)31-22(24,25)26/h4-9,11,17-20,27-29H,3,10H2,1-2H3/t17-,18-,19+,20-,21+/m1/s1. The number of alkyl halides is 3. The fraction of sp³-hybridized carbons (Fsp3) is 0.455. The minimum atomic E-state index is -4.77. The van der Waals surface area contributed by atoms with Crippen molar-refractivity contribution in [3.8, 4) is 5.75 Å². The van der Waals surface area contributed by atoms with Crippen molar-refractivity contribution in [1.82, 2.24) is 0 Å². The van der Waals surface area contributed by atoms with Crippen LogP contribution in [0.5, 0.6) is 5.75 Å². The van der Waals surface area contributed by atoms with Crippen LogP contribution in [0.4, 0.5) is 13.2 Å². The lowest BCUT2D eigenvalue weighted by atomic mass is 9.86. The molecule has 2 aromatic carbocycles. The molecule has 3 rings (SSSR count). The van der Waals surface area contributed by atoms with E-state index in [1.54, 1.807) is 25.1 Å². The molecule has 10 heteroatoms. The van der Waals surface area contributed by atoms with E-state index in [1.165, 1.54) is 31.4 Å². The number of aliphatic hydroxyl groups is 3. The van der Waals surface area contributed by atoms with Gasteiger partial charge in [0.15, 0.2) is 0 Å². The molecule has 176 valence electrons. The van der Waals surface area contributed by atoms with Crippen LogP contribution in [0.3, 0.4) is 0 Å². The second kappa shape index (κ2) is 9.54. The van der Waals surface area contributed by atoms with Crippen LogP contribution in [-0.4, -0.2) is 53.2 Å². The van der Waals surface area contributed by atoms with Crippen LogP contribution in [0.1, 0.15) is 30.0 Å². The summed E-state index contributed by atoms with van der Waals surface area (Å²) in [6.07, 6.45) is -9.31. The normalized spacial score (nSPS) is 28.5. The molecule has 5 atom stereocenters. The van der Waals surface area contributed by atoms with E-state index in [0.717, 1.165) is 0 Å². The number of halogens is 4. The molecule has 2 aromatic rings. The third-order valence-electron chi connectivity index (χ3n) is 5.48. The summed E-state index contributed by atoms with van der Waals surface area (Å²) in [5.41, 5.74) is 1.62. The van der Waals surface area contributed by atoms with Gasteiger partial charge < -0.3 is 29.5 Å². The molecule has 0 bridgehead atoms. The highest BCUT2D eigenvalue weighted by molar-refractivity contribution is 6.31. The molecule has 0 aliphatic carbocycles. The van der Waals surface area contributed by atoms with Gasteiger partial charge in [0.2, 0.25) is 5.79 Å². The van der Waals surface area contributed by atoms with Gasteiger partial charge in [-0.25, -0.2) is 0 Å². The first kappa shape index (κ1) is 24.8. The van der Waals surface area contributed by atoms with Crippen molar-refractivity contribution in [3.05, 3.63) is 64.2 Å². The van der Waals surface area contributed by atoms with Gasteiger partial charge in [0.25, 0.3) is 0 Å². The minimum Gasteiger partial charge on any atom is -0.406 e. The summed E-state index contributed by atoms with van der Waals surface area (Å²) >= 11 is 6.33. The zero-order chi connectivity index (χ0) is 23.7. The molecule has 1 saturated heterocycles. The molecular formula is C22H24ClF3O6. The Bertz CT molecular complexity index is 921. The lowest BCUT2D eigenvalue weighted by Crippen LogP contribution is -2.63. The Kier molecular flexibility index (Phi) is 7.38. The maximum atomic E-state index is 12.4. The van der Waals surface area contributed by atoms with Crippen molar-refractivity contribution >= 4 is 11.6 Å². The number of benzene rings is 2. The SMILES string of the molecule is CC[C@H]1O[C@@](OC)(c2ccc(Cl)c(Cc3ccc(OC(F)(F)F)cc3)c2)[C@H](O)[C@@H](O)[C@@H]1O. The van der Waals surface area contributed by atoms with Crippen molar-refractivity contribution in [3.63, 3.8) is 0 Å². The predicted molar refractivity (Wildman–Crippen MR) is 109 cm³/mol. The molecule has 0 spiro atoms. The highest BCUT2D eigenvalue weighted by Gasteiger charge is 2.54. The van der Waals surface area contributed by atoms with E-state index in [2.05, 4.69) is 4.74 Å². The molecule has 0 unspecified atom stereocenters. The number of hydrogen-bond acceptors (Lipinski definition) is 6. The average molecular weight is 477 g/mol. The minimum absolute atomic E-state index is 0.261. The Morgan fingerprint density at radius 3 is 2.28 bits per heavy atom. The molecule has 1 aliphatic heterocycles. The Morgan fingerprint density at radius 2 is 1.72 bits per heavy atom. The van der Waals surface area contributed by atoms with Crippen molar-refractivity contribution in [1.29, 1.82) is 0 Å². The smallest absolute Gasteiger partial charge is 0.406 e. The molecule has 3 N–H and O–H groups in total. The van der Waals surface area contributed by atoms with Crippen LogP contribution in [-0.2, 0) is 21.7 Å². The Balaban J connectivity index is 1.91. The molecule has 0 radical (unpaired) electrons. The third kappa shape index (κ3) is 5.03. The van der Waals surface area contributed by atoms with Crippen molar-refractivity contribution in [2.45, 2.75) is 56.3 Å². The summed E-state index contributed by atoms with van der Waals surface area (Å²) in [7, 11) is 1.31. The van der Waals surface area contributed by atoms with Crippen molar-refractivity contribution in [2.24, 2.45) is 0 Å². The van der Waals surface area contributed by atoms with Gasteiger partial charge in [0.1, 0.15) is 24.1 Å². The third-order valence-corrected chi connectivity index (χ3v) is 5.84. The quantitative estimate of drug-likeness (QED) is 0.591. The van der Waals surface area contributed by atoms with E-state index in [0.29, 0.717) is 28.1 Å². The van der Waals surface area contributed by atoms with E-state index in [-0.39, 0.29) is 12.2 Å². The zero-order valence-corrected chi connectivity index (χ0v) is 18.1. The Labute approximate surface area is 188 Å². The number of rotatable bonds is 6. The summed E-state index contributed by atoms with van der Waals surface area (Å²) in [6, 6.07) is 10.2. The number of methoxy groups -OCH3 is 1. The van der Waals surface area contributed by atoms with Gasteiger partial charge in [-0.15, -0.1) is 13.2 Å². The molecule has 32 heavy (non-hydrogen) atoms. The van der Waals surface area contributed by atoms with Crippen LogP contribution in [0.25, 0.3) is 0 Å². The lowest BCUT2D eigenvalue weighted by Gasteiger charge is -2.48. The summed E-state index contributed by atoms with van der Waals surface area (Å²) in [4.78, 5) is 0. The first-order valence-corrected chi connectivity index (χ1v) is 10.3. The van der Waals surface area contributed by atoms with Gasteiger partial charge in [-0.3, -0.25) is 0 Å². The second-order valence-corrected chi connectivity index (χ2v) is 7.94. The summed E-state index contributed by atoms with van der Waals surface area (Å²) in [5.74, 6) is -2.08. The van der Waals surface area contributed by atoms with Crippen LogP contribution < -0.4 is 4.74 Å². The largest absolute Gasteiger partial charge is 0.573 e. The molecule has 0 amide bonds. The van der Waals surface area contributed by atoms with Gasteiger partial charge in [0, 0.05) is 17.7 Å². The molecule has 1 fully saturated rings. The first-order chi connectivity index (χ1) is 15.0.